The Morgan fingerprint density at radius 2 is 1.40 bits per heavy atom. The van der Waals surface area contributed by atoms with E-state index in [-0.39, 0.29) is 29.3 Å². The molecule has 0 N–H and O–H groups in total. The number of carbonyl (C=O) groups is 1. The molecular weight excluding hydrogens is 987 g/mol. The predicted molar refractivity (Wildman–Crippen MR) is 254 cm³/mol. The Labute approximate surface area is 393 Å². The fourth-order valence-electron chi connectivity index (χ4n) is 7.83. The normalized spacial score (nSPS) is 14.4. The van der Waals surface area contributed by atoms with E-state index in [2.05, 4.69) is 69.6 Å². The van der Waals surface area contributed by atoms with Crippen LogP contribution in [0.5, 0.6) is 5.75 Å². The third-order valence-electron chi connectivity index (χ3n) is 11.3. The topological polar surface area (TPSA) is 116 Å². The van der Waals surface area contributed by atoms with E-state index in [1.807, 2.05) is 6.20 Å². The first-order valence-corrected chi connectivity index (χ1v) is 25.0. The Hall–Kier alpha value is -5.02. The van der Waals surface area contributed by atoms with Gasteiger partial charge in [-0.25, -0.2) is 4.68 Å². The molecule has 0 atom stereocenters. The zero-order valence-corrected chi connectivity index (χ0v) is 39.7. The van der Waals surface area contributed by atoms with E-state index in [0.29, 0.717) is 76.9 Å². The van der Waals surface area contributed by atoms with Crippen molar-refractivity contribution in [3.63, 3.8) is 0 Å². The van der Waals surface area contributed by atoms with Crippen molar-refractivity contribution in [2.45, 2.75) is 55.7 Å². The maximum atomic E-state index is 15.4. The van der Waals surface area contributed by atoms with Gasteiger partial charge in [-0.05, 0) is 43.9 Å². The number of hydrogen-bond donors (Lipinski definition) is 0. The predicted octanol–water partition coefficient (Wildman–Crippen LogP) is 9.78. The van der Waals surface area contributed by atoms with Gasteiger partial charge in [-0.3, -0.25) is 0 Å². The van der Waals surface area contributed by atoms with Gasteiger partial charge in [-0.15, -0.1) is 5.10 Å². The van der Waals surface area contributed by atoms with Crippen LogP contribution in [0.2, 0.25) is 0 Å². The first kappa shape index (κ1) is 48.4. The van der Waals surface area contributed by atoms with Crippen LogP contribution < -0.4 is 4.74 Å². The van der Waals surface area contributed by atoms with Gasteiger partial charge in [0, 0.05) is 0 Å². The second-order valence-electron chi connectivity index (χ2n) is 16.6. The van der Waals surface area contributed by atoms with Gasteiger partial charge in [-0.2, -0.15) is 0 Å². The number of fused-ring (bicyclic) bond motifs is 1. The molecule has 1 aliphatic heterocycles. The average molecular weight is 1040 g/mol. The molecule has 0 aliphatic carbocycles. The molecule has 0 unspecified atom stereocenters. The number of hydrogen-bond acceptors (Lipinski definition) is 10. The number of carbonyl (C=O) groups excluding carboxylic acids is 1. The van der Waals surface area contributed by atoms with E-state index in [1.54, 1.807) is 43.8 Å². The Balaban J connectivity index is 0.633. The fourth-order valence-corrected chi connectivity index (χ4v) is 13.0. The molecule has 17 heteroatoms. The number of ether oxygens (including phenoxy) is 6. The average Bonchev–Trinajstić information content (AvgIpc) is 3.90. The van der Waals surface area contributed by atoms with Crippen LogP contribution in [0.3, 0.4) is 0 Å². The molecule has 1 amide bonds. The van der Waals surface area contributed by atoms with Crippen LogP contribution in [0.4, 0.5) is 17.6 Å². The van der Waals surface area contributed by atoms with Crippen molar-refractivity contribution in [3.8, 4) is 5.75 Å². The van der Waals surface area contributed by atoms with Crippen LogP contribution in [-0.4, -0.2) is 102 Å². The number of amides is 1. The molecule has 6 aromatic carbocycles. The zero-order valence-electron chi connectivity index (χ0n) is 37.5. The van der Waals surface area contributed by atoms with E-state index in [1.165, 1.54) is 67.5 Å². The Morgan fingerprint density at radius 1 is 0.746 bits per heavy atom. The second kappa shape index (κ2) is 21.5. The van der Waals surface area contributed by atoms with Crippen LogP contribution in [-0.2, 0) is 63.3 Å². The van der Waals surface area contributed by atoms with E-state index in [4.69, 9.17) is 26.8 Å². The minimum atomic E-state index is -4.80. The van der Waals surface area contributed by atoms with Crippen LogP contribution in [0.25, 0.3) is 32.3 Å². The summed E-state index contributed by atoms with van der Waals surface area (Å²) >= 11 is -4.17. The monoisotopic (exact) mass is 1040 g/mol. The molecule has 7 aromatic rings. The number of benzene rings is 6. The Morgan fingerprint density at radius 3 is 2.15 bits per heavy atom. The van der Waals surface area contributed by atoms with Crippen molar-refractivity contribution < 1.29 is 53.8 Å². The molecule has 1 aromatic heterocycles. The summed E-state index contributed by atoms with van der Waals surface area (Å²) in [5.74, 6) is -0.657. The van der Waals surface area contributed by atoms with Crippen molar-refractivity contribution in [1.82, 2.24) is 19.9 Å². The Kier molecular flexibility index (Phi) is 15.6. The first-order chi connectivity index (χ1) is 32.3. The molecule has 0 spiro atoms. The van der Waals surface area contributed by atoms with Crippen molar-refractivity contribution in [2.24, 2.45) is 0 Å². The molecule has 0 bridgehead atoms. The van der Waals surface area contributed by atoms with Crippen LogP contribution in [0, 0.1) is 3.57 Å². The molecule has 67 heavy (non-hydrogen) atoms. The number of likely N-dealkylation sites (N-methyl/N-ethyl adjacent to an activating group) is 1. The molecule has 0 radical (unpaired) electrons. The molecule has 0 saturated carbocycles. The zero-order chi connectivity index (χ0) is 47.0. The van der Waals surface area contributed by atoms with Crippen LogP contribution in [0.15, 0.2) is 109 Å². The molecule has 1 aliphatic rings. The SMILES string of the molecule is CN(CCc1ccc(OC(F)(F)C(F)(F)I2OC(C)(C)c3ccccc32)cc1)C(=O)COCCOCCOCCOCCn1cc(COCc2cc3cccc4ccc5cccc2c5c43)nn1. The molecular formula is C50H53F4IN4O8. The van der Waals surface area contributed by atoms with Gasteiger partial charge < -0.3 is 23.7 Å². The number of halogens is 5. The number of aromatic nitrogens is 3. The summed E-state index contributed by atoms with van der Waals surface area (Å²) in [5.41, 5.74) is 1.97. The van der Waals surface area contributed by atoms with Gasteiger partial charge >= 0.3 is 186 Å². The fraction of sp³-hybridized carbons (Fsp3) is 0.380. The van der Waals surface area contributed by atoms with Gasteiger partial charge in [0.15, 0.2) is 0 Å². The van der Waals surface area contributed by atoms with Crippen LogP contribution in [0.1, 0.15) is 36.2 Å². The quantitative estimate of drug-likeness (QED) is 0.0180. The maximum absolute atomic E-state index is 15.4. The van der Waals surface area contributed by atoms with Crippen molar-refractivity contribution >= 4 is 58.5 Å². The first-order valence-electron chi connectivity index (χ1n) is 22.0. The van der Waals surface area contributed by atoms with Crippen molar-refractivity contribution in [3.05, 3.63) is 135 Å². The minimum absolute atomic E-state index is 0.146. The standard InChI is InChI=1S/C50H53F4IN4O8/c1-48(2)43-12-4-5-13-44(43)55(67-48)49(51,52)50(53,54)66-41-18-14-35(15-19-41)20-21-58(3)45(60)34-64-29-28-63-27-26-62-25-24-61-23-22-59-31-40(56-57-59)33-65-32-39-30-38-10-6-8-36-16-17-37-9-7-11-42(39)47(37)46(36)38/h4-19,30-31H,20-29,32-34H2,1-3H3. The van der Waals surface area contributed by atoms with Crippen molar-refractivity contribution in [1.29, 1.82) is 0 Å². The Bertz CT molecular complexity index is 2740. The molecule has 356 valence electrons. The van der Waals surface area contributed by atoms with E-state index in [9.17, 15) is 4.79 Å². The summed E-state index contributed by atoms with van der Waals surface area (Å²) in [5, 5.41) is 15.9. The summed E-state index contributed by atoms with van der Waals surface area (Å²) in [6, 6.07) is 31.1. The summed E-state index contributed by atoms with van der Waals surface area (Å²) < 4.78 is 96.7. The van der Waals surface area contributed by atoms with Crippen molar-refractivity contribution in [2.75, 3.05) is 66.4 Å². The minimum Gasteiger partial charge on any atom is -0.377 e. The van der Waals surface area contributed by atoms with Gasteiger partial charge in [0.1, 0.15) is 5.69 Å². The smallest absolute Gasteiger partial charge is 0.377 e. The third kappa shape index (κ3) is 11.5. The van der Waals surface area contributed by atoms with E-state index >= 15 is 17.6 Å². The van der Waals surface area contributed by atoms with Gasteiger partial charge in [0.25, 0.3) is 0 Å². The third-order valence-corrected chi connectivity index (χ3v) is 16.7. The summed E-state index contributed by atoms with van der Waals surface area (Å²) in [7, 11) is 1.62. The van der Waals surface area contributed by atoms with E-state index in [0.717, 1.165) is 11.3 Å². The molecule has 2 heterocycles. The second-order valence-corrected chi connectivity index (χ2v) is 21.0. The summed E-state index contributed by atoms with van der Waals surface area (Å²) in [6.45, 7) is 7.18. The van der Waals surface area contributed by atoms with Gasteiger partial charge in [0.2, 0.25) is 0 Å². The van der Waals surface area contributed by atoms with E-state index < -0.39 is 41.6 Å². The summed E-state index contributed by atoms with van der Waals surface area (Å²) in [4.78, 5) is 14.0. The van der Waals surface area contributed by atoms with Crippen LogP contribution >= 0.6 is 20.2 Å². The number of nitrogens with zero attached hydrogens (tertiary/aromatic N) is 4. The molecule has 12 nitrogen and oxygen atoms in total. The molecule has 8 rings (SSSR count). The molecule has 0 saturated heterocycles. The number of alkyl halides is 5. The molecule has 0 fully saturated rings. The van der Waals surface area contributed by atoms with Gasteiger partial charge in [0.05, 0.1) is 72.2 Å². The van der Waals surface area contributed by atoms with Gasteiger partial charge in [-0.1, -0.05) is 53.7 Å². The number of rotatable bonds is 25. The summed E-state index contributed by atoms with van der Waals surface area (Å²) in [6.07, 6.45) is -2.54.